The fourth-order valence-electron chi connectivity index (χ4n) is 3.73. The summed E-state index contributed by atoms with van der Waals surface area (Å²) in [6.07, 6.45) is 0.492. The molecule has 1 heterocycles. The van der Waals surface area contributed by atoms with E-state index in [0.29, 0.717) is 42.0 Å². The van der Waals surface area contributed by atoms with Gasteiger partial charge in [0.1, 0.15) is 0 Å². The molecule has 2 amide bonds. The van der Waals surface area contributed by atoms with Crippen molar-refractivity contribution in [2.24, 2.45) is 0 Å². The van der Waals surface area contributed by atoms with Crippen LogP contribution in [0.15, 0.2) is 72.8 Å². The fourth-order valence-corrected chi connectivity index (χ4v) is 3.73. The lowest BCUT2D eigenvalue weighted by Crippen LogP contribution is -2.31. The quantitative estimate of drug-likeness (QED) is 0.437. The van der Waals surface area contributed by atoms with Crippen molar-refractivity contribution in [1.29, 1.82) is 0 Å². The van der Waals surface area contributed by atoms with Crippen molar-refractivity contribution in [2.75, 3.05) is 22.9 Å². The van der Waals surface area contributed by atoms with Crippen LogP contribution in [-0.4, -0.2) is 34.8 Å². The molecule has 3 aromatic carbocycles. The van der Waals surface area contributed by atoms with E-state index in [9.17, 15) is 29.8 Å². The van der Waals surface area contributed by atoms with Gasteiger partial charge in [0.25, 0.3) is 23.2 Å². The van der Waals surface area contributed by atoms with Crippen molar-refractivity contribution in [3.63, 3.8) is 0 Å². The summed E-state index contributed by atoms with van der Waals surface area (Å²) in [5.41, 5.74) is 1.45. The zero-order valence-electron chi connectivity index (χ0n) is 17.3. The summed E-state index contributed by atoms with van der Waals surface area (Å²) in [6, 6.07) is 17.7. The predicted molar refractivity (Wildman–Crippen MR) is 121 cm³/mol. The molecule has 0 atom stereocenters. The molecule has 0 bridgehead atoms. The zero-order valence-corrected chi connectivity index (χ0v) is 17.3. The van der Waals surface area contributed by atoms with Gasteiger partial charge >= 0.3 is 0 Å². The number of nitro benzene ring substituents is 2. The Morgan fingerprint density at radius 2 is 1.00 bits per heavy atom. The van der Waals surface area contributed by atoms with Crippen LogP contribution in [0.4, 0.5) is 22.7 Å². The van der Waals surface area contributed by atoms with Crippen molar-refractivity contribution in [1.82, 2.24) is 0 Å². The van der Waals surface area contributed by atoms with Gasteiger partial charge in [-0.05, 0) is 42.8 Å². The number of anilines is 2. The van der Waals surface area contributed by atoms with E-state index in [0.717, 1.165) is 0 Å². The van der Waals surface area contributed by atoms with Gasteiger partial charge in [0.05, 0.1) is 21.2 Å². The summed E-state index contributed by atoms with van der Waals surface area (Å²) in [7, 11) is 0. The Labute approximate surface area is 188 Å². The highest BCUT2D eigenvalue weighted by Gasteiger charge is 2.29. The lowest BCUT2D eigenvalue weighted by molar-refractivity contribution is -0.385. The molecule has 0 aromatic heterocycles. The second-order valence-electron chi connectivity index (χ2n) is 7.36. The van der Waals surface area contributed by atoms with Gasteiger partial charge in [-0.3, -0.25) is 29.8 Å². The van der Waals surface area contributed by atoms with Gasteiger partial charge in [-0.15, -0.1) is 0 Å². The number of nitrogens with zero attached hydrogens (tertiary/aromatic N) is 4. The fraction of sp³-hybridized carbons (Fsp3) is 0.130. The molecule has 1 aliphatic heterocycles. The van der Waals surface area contributed by atoms with Crippen LogP contribution in [0.5, 0.6) is 0 Å². The van der Waals surface area contributed by atoms with Crippen LogP contribution in [0.25, 0.3) is 0 Å². The number of benzene rings is 3. The maximum atomic E-state index is 13.2. The second kappa shape index (κ2) is 8.87. The first-order valence-electron chi connectivity index (χ1n) is 10.1. The van der Waals surface area contributed by atoms with Gasteiger partial charge in [-0.2, -0.15) is 0 Å². The number of para-hydroxylation sites is 2. The summed E-state index contributed by atoms with van der Waals surface area (Å²) in [6.45, 7) is 0.688. The number of hydrogen-bond acceptors (Lipinski definition) is 6. The highest BCUT2D eigenvalue weighted by molar-refractivity contribution is 6.12. The number of hydrogen-bond donors (Lipinski definition) is 0. The Morgan fingerprint density at radius 3 is 1.33 bits per heavy atom. The lowest BCUT2D eigenvalue weighted by atomic mass is 10.1. The first kappa shape index (κ1) is 21.6. The summed E-state index contributed by atoms with van der Waals surface area (Å²) in [5.74, 6) is -0.663. The van der Waals surface area contributed by atoms with E-state index in [-0.39, 0.29) is 23.2 Å². The zero-order chi connectivity index (χ0) is 23.5. The topological polar surface area (TPSA) is 127 Å². The van der Waals surface area contributed by atoms with Crippen molar-refractivity contribution in [2.45, 2.75) is 6.42 Å². The molecule has 3 aromatic rings. The van der Waals surface area contributed by atoms with Gasteiger partial charge in [-0.1, -0.05) is 12.1 Å². The van der Waals surface area contributed by atoms with E-state index in [1.807, 2.05) is 0 Å². The number of nitro groups is 2. The van der Waals surface area contributed by atoms with Crippen LogP contribution in [-0.2, 0) is 0 Å². The van der Waals surface area contributed by atoms with Gasteiger partial charge in [0.2, 0.25) is 0 Å². The first-order valence-corrected chi connectivity index (χ1v) is 10.1. The molecular weight excluding hydrogens is 428 g/mol. The van der Waals surface area contributed by atoms with E-state index in [1.54, 1.807) is 34.1 Å². The molecule has 1 aliphatic rings. The third-order valence-corrected chi connectivity index (χ3v) is 5.37. The lowest BCUT2D eigenvalue weighted by Gasteiger charge is -2.25. The molecular formula is C23H18N4O6. The highest BCUT2D eigenvalue weighted by atomic mass is 16.6. The van der Waals surface area contributed by atoms with Crippen LogP contribution in [0.2, 0.25) is 0 Å². The molecule has 33 heavy (non-hydrogen) atoms. The van der Waals surface area contributed by atoms with E-state index in [4.69, 9.17) is 0 Å². The van der Waals surface area contributed by atoms with E-state index in [1.165, 1.54) is 48.5 Å². The average molecular weight is 446 g/mol. The van der Waals surface area contributed by atoms with E-state index < -0.39 is 9.85 Å². The maximum absolute atomic E-state index is 13.2. The van der Waals surface area contributed by atoms with Crippen molar-refractivity contribution < 1.29 is 19.4 Å². The summed E-state index contributed by atoms with van der Waals surface area (Å²) >= 11 is 0. The standard InChI is InChI=1S/C23H18N4O6/c28-22(16-6-10-18(11-7-16)26(30)31)24-14-3-15-25(21-5-2-1-4-20(21)24)23(29)17-8-12-19(13-9-17)27(32)33/h1-2,4-13H,3,14-15H2. The van der Waals surface area contributed by atoms with E-state index in [2.05, 4.69) is 0 Å². The molecule has 0 unspecified atom stereocenters. The largest absolute Gasteiger partial charge is 0.306 e. The second-order valence-corrected chi connectivity index (χ2v) is 7.36. The predicted octanol–water partition coefficient (Wildman–Crippen LogP) is 4.20. The molecule has 10 nitrogen and oxygen atoms in total. The Morgan fingerprint density at radius 1 is 0.636 bits per heavy atom. The smallest absolute Gasteiger partial charge is 0.269 e. The number of rotatable bonds is 4. The number of amides is 2. The van der Waals surface area contributed by atoms with E-state index >= 15 is 0 Å². The van der Waals surface area contributed by atoms with Crippen LogP contribution in [0.3, 0.4) is 0 Å². The van der Waals surface area contributed by atoms with Crippen molar-refractivity contribution >= 4 is 34.6 Å². The van der Waals surface area contributed by atoms with Gasteiger partial charge in [0.15, 0.2) is 0 Å². The first-order chi connectivity index (χ1) is 15.9. The minimum Gasteiger partial charge on any atom is -0.306 e. The highest BCUT2D eigenvalue weighted by Crippen LogP contribution is 2.34. The van der Waals surface area contributed by atoms with Crippen LogP contribution < -0.4 is 9.80 Å². The number of non-ortho nitro benzene ring substituents is 2. The molecule has 0 aliphatic carbocycles. The molecule has 0 N–H and O–H groups in total. The van der Waals surface area contributed by atoms with Crippen LogP contribution in [0, 0.1) is 20.2 Å². The minimum atomic E-state index is -0.531. The number of carbonyl (C=O) groups excluding carboxylic acids is 2. The molecule has 10 heteroatoms. The Balaban J connectivity index is 1.66. The third-order valence-electron chi connectivity index (χ3n) is 5.37. The summed E-state index contributed by atoms with van der Waals surface area (Å²) in [4.78, 5) is 50.3. The minimum absolute atomic E-state index is 0.109. The summed E-state index contributed by atoms with van der Waals surface area (Å²) in [5, 5.41) is 21.8. The Bertz CT molecular complexity index is 1140. The molecule has 0 spiro atoms. The van der Waals surface area contributed by atoms with Gasteiger partial charge < -0.3 is 9.80 Å². The Kier molecular flexibility index (Phi) is 5.81. The third kappa shape index (κ3) is 4.26. The van der Waals surface area contributed by atoms with Crippen molar-refractivity contribution in [3.05, 3.63) is 104 Å². The SMILES string of the molecule is O=C(c1ccc([N+](=O)[O-])cc1)N1CCCN(C(=O)c2ccc([N+](=O)[O-])cc2)c2ccccc21. The molecule has 4 rings (SSSR count). The van der Waals surface area contributed by atoms with Crippen LogP contribution in [0.1, 0.15) is 27.1 Å². The molecule has 0 saturated heterocycles. The molecule has 0 fully saturated rings. The monoisotopic (exact) mass is 446 g/mol. The molecule has 166 valence electrons. The Hall–Kier alpha value is -4.60. The summed E-state index contributed by atoms with van der Waals surface area (Å²) < 4.78 is 0. The average Bonchev–Trinajstić information content (AvgIpc) is 3.03. The van der Waals surface area contributed by atoms with Gasteiger partial charge in [0, 0.05) is 48.5 Å². The number of fused-ring (bicyclic) bond motifs is 1. The number of carbonyl (C=O) groups is 2. The van der Waals surface area contributed by atoms with Crippen LogP contribution >= 0.6 is 0 Å². The molecule has 0 radical (unpaired) electrons. The normalized spacial score (nSPS) is 13.1. The maximum Gasteiger partial charge on any atom is 0.269 e. The molecule has 0 saturated carbocycles. The van der Waals surface area contributed by atoms with Gasteiger partial charge in [-0.25, -0.2) is 0 Å². The van der Waals surface area contributed by atoms with Crippen molar-refractivity contribution in [3.8, 4) is 0 Å².